The number of hydrogen-bond acceptors (Lipinski definition) is 2. The first-order valence-electron chi connectivity index (χ1n) is 13.0. The van der Waals surface area contributed by atoms with Gasteiger partial charge in [-0.1, -0.05) is 77.9 Å². The summed E-state index contributed by atoms with van der Waals surface area (Å²) in [7, 11) is 9.53. The van der Waals surface area contributed by atoms with Crippen LogP contribution in [0.3, 0.4) is 0 Å². The molecule has 0 N–H and O–H groups in total. The summed E-state index contributed by atoms with van der Waals surface area (Å²) in [5.41, 5.74) is 7.34. The van der Waals surface area contributed by atoms with E-state index in [2.05, 4.69) is 122 Å². The molecule has 1 aliphatic rings. The Hall–Kier alpha value is -1.29. The molecule has 0 aromatic heterocycles. The van der Waals surface area contributed by atoms with Crippen molar-refractivity contribution in [3.63, 3.8) is 0 Å². The van der Waals surface area contributed by atoms with Crippen molar-refractivity contribution in [2.45, 2.75) is 105 Å². The number of nitrogens with zero attached hydrogens (tertiary/aromatic N) is 2. The van der Waals surface area contributed by atoms with Gasteiger partial charge in [0, 0.05) is 12.3 Å². The molecule has 2 aromatic carbocycles. The maximum absolute atomic E-state index is 6.71. The van der Waals surface area contributed by atoms with Crippen LogP contribution < -0.4 is 0 Å². The van der Waals surface area contributed by atoms with E-state index in [1.165, 1.54) is 22.5 Å². The van der Waals surface area contributed by atoms with Crippen molar-refractivity contribution in [3.8, 4) is 0 Å². The van der Waals surface area contributed by atoms with Crippen LogP contribution >= 0.6 is 20.2 Å². The molecule has 0 saturated carbocycles. The van der Waals surface area contributed by atoms with Crippen molar-refractivity contribution >= 4 is 43.0 Å². The van der Waals surface area contributed by atoms with Crippen LogP contribution in [0.1, 0.15) is 92.7 Å². The van der Waals surface area contributed by atoms with Crippen LogP contribution in [0.25, 0.3) is 0 Å². The molecule has 6 heteroatoms. The fourth-order valence-corrected chi connectivity index (χ4v) is 4.91. The van der Waals surface area contributed by atoms with E-state index in [4.69, 9.17) is 29.9 Å². The molecule has 0 aliphatic carbocycles. The summed E-state index contributed by atoms with van der Waals surface area (Å²) in [6, 6.07) is 17.2. The summed E-state index contributed by atoms with van der Waals surface area (Å²) in [6.07, 6.45) is 3.31. The van der Waals surface area contributed by atoms with Crippen molar-refractivity contribution in [2.24, 2.45) is 4.99 Å². The van der Waals surface area contributed by atoms with Crippen molar-refractivity contribution in [2.75, 3.05) is 0 Å². The molecule has 0 amide bonds. The number of hydrogen-bond donors (Lipinski definition) is 0. The van der Waals surface area contributed by atoms with Gasteiger partial charge in [-0.05, 0) is 74.1 Å². The Labute approximate surface area is 240 Å². The van der Waals surface area contributed by atoms with E-state index in [9.17, 15) is 0 Å². The van der Waals surface area contributed by atoms with Crippen LogP contribution in [0.2, 0.25) is 0 Å². The summed E-state index contributed by atoms with van der Waals surface area (Å²) in [5, 5.41) is 0. The molecule has 0 radical (unpaired) electrons. The van der Waals surface area contributed by atoms with E-state index in [1.54, 1.807) is 0 Å². The molecule has 2 unspecified atom stereocenters. The fourth-order valence-electron chi connectivity index (χ4n) is 4.91. The number of aliphatic imine (C=N–C) groups is 1. The third-order valence-corrected chi connectivity index (χ3v) is 6.81. The van der Waals surface area contributed by atoms with Gasteiger partial charge in [0.2, 0.25) is 0 Å². The molecule has 3 rings (SSSR count). The van der Waals surface area contributed by atoms with Gasteiger partial charge in [-0.3, -0.25) is 4.99 Å². The second-order valence-electron chi connectivity index (χ2n) is 11.7. The summed E-state index contributed by atoms with van der Waals surface area (Å²) in [6.45, 7) is 22.2. The molecular formula is C31H44Cl2FeN2O+. The zero-order valence-corrected chi connectivity index (χ0v) is 26.5. The van der Waals surface area contributed by atoms with Crippen LogP contribution in [-0.4, -0.2) is 28.2 Å². The second-order valence-corrected chi connectivity index (χ2v) is 13.5. The SMILES string of the molecule is C[CH-][N+](=C(C)C1CCCC(C(C)=Nc2ccccc2C(C)(C)C)O1)c1ccccc1C(C)(C)C.[Cl][Fe+][Cl]. The van der Waals surface area contributed by atoms with Crippen molar-refractivity contribution in [1.82, 2.24) is 0 Å². The van der Waals surface area contributed by atoms with Gasteiger partial charge in [0.25, 0.3) is 0 Å². The molecule has 37 heavy (non-hydrogen) atoms. The third kappa shape index (κ3) is 8.87. The number of para-hydroxylation sites is 2. The van der Waals surface area contributed by atoms with Crippen LogP contribution in [0.5, 0.6) is 0 Å². The molecular weight excluding hydrogens is 543 g/mol. The van der Waals surface area contributed by atoms with Gasteiger partial charge < -0.3 is 9.31 Å². The van der Waals surface area contributed by atoms with Crippen LogP contribution in [0.4, 0.5) is 11.4 Å². The van der Waals surface area contributed by atoms with E-state index in [0.29, 0.717) is 0 Å². The molecule has 2 atom stereocenters. The number of ether oxygens (including phenoxy) is 1. The molecule has 2 aromatic rings. The van der Waals surface area contributed by atoms with E-state index < -0.39 is 0 Å². The molecule has 1 heterocycles. The first kappa shape index (κ1) is 31.9. The first-order chi connectivity index (χ1) is 17.3. The Balaban J connectivity index is 0.00000153. The Bertz CT molecular complexity index is 1080. The van der Waals surface area contributed by atoms with Crippen LogP contribution in [-0.2, 0) is 28.7 Å². The minimum absolute atomic E-state index is 0.0401. The molecule has 0 spiro atoms. The van der Waals surface area contributed by atoms with E-state index in [1.807, 2.05) is 0 Å². The fraction of sp³-hybridized carbons (Fsp3) is 0.516. The average molecular weight is 587 g/mol. The Morgan fingerprint density at radius 2 is 1.41 bits per heavy atom. The predicted molar refractivity (Wildman–Crippen MR) is 158 cm³/mol. The Morgan fingerprint density at radius 1 is 0.892 bits per heavy atom. The predicted octanol–water partition coefficient (Wildman–Crippen LogP) is 9.67. The summed E-state index contributed by atoms with van der Waals surface area (Å²) >= 11 is 0.194. The van der Waals surface area contributed by atoms with Crippen molar-refractivity contribution in [3.05, 3.63) is 66.2 Å². The summed E-state index contributed by atoms with van der Waals surface area (Å²) in [5.74, 6) is 0. The third-order valence-electron chi connectivity index (χ3n) is 6.81. The Morgan fingerprint density at radius 3 is 1.97 bits per heavy atom. The standard InChI is InChI=1S/C31H44N2O.2ClH.Fe/c1-10-33(27-19-14-12-17-25(27)31(7,8)9)23(3)29-21-15-20-28(34-29)22(2)32-26-18-13-11-16-24(26)30(4,5)6;;;/h10-14,16-19,28-29H,15,20-21H2,1-9H3;2*1H;/q;;;+3/p-2. The van der Waals surface area contributed by atoms with Gasteiger partial charge in [-0.25, -0.2) is 0 Å². The van der Waals surface area contributed by atoms with Gasteiger partial charge in [-0.2, -0.15) is 0 Å². The second kappa shape index (κ2) is 14.2. The maximum atomic E-state index is 6.71. The number of benzene rings is 2. The zero-order chi connectivity index (χ0) is 27.8. The topological polar surface area (TPSA) is 24.6 Å². The van der Waals surface area contributed by atoms with Gasteiger partial charge in [0.15, 0.2) is 0 Å². The van der Waals surface area contributed by atoms with E-state index in [0.717, 1.165) is 30.7 Å². The van der Waals surface area contributed by atoms with E-state index >= 15 is 0 Å². The first-order valence-corrected chi connectivity index (χ1v) is 16.1. The number of halogens is 2. The van der Waals surface area contributed by atoms with Gasteiger partial charge in [-0.15, -0.1) is 0 Å². The van der Waals surface area contributed by atoms with Crippen molar-refractivity contribution in [1.29, 1.82) is 0 Å². The molecule has 1 saturated heterocycles. The molecule has 1 aliphatic heterocycles. The van der Waals surface area contributed by atoms with Crippen molar-refractivity contribution < 1.29 is 22.4 Å². The molecule has 0 bridgehead atoms. The number of rotatable bonds is 5. The molecule has 205 valence electrons. The van der Waals surface area contributed by atoms with Gasteiger partial charge >= 0.3 is 33.3 Å². The summed E-state index contributed by atoms with van der Waals surface area (Å²) < 4.78 is 9.04. The zero-order valence-electron chi connectivity index (χ0n) is 23.9. The average Bonchev–Trinajstić information content (AvgIpc) is 2.84. The monoisotopic (exact) mass is 586 g/mol. The normalized spacial score (nSPS) is 19.5. The quantitative estimate of drug-likeness (QED) is 0.148. The summed E-state index contributed by atoms with van der Waals surface area (Å²) in [4.78, 5) is 5.07. The minimum atomic E-state index is 0.0401. The van der Waals surface area contributed by atoms with E-state index in [-0.39, 0.29) is 36.2 Å². The van der Waals surface area contributed by atoms with Crippen LogP contribution in [0.15, 0.2) is 53.5 Å². The van der Waals surface area contributed by atoms with Gasteiger partial charge in [0.05, 0.1) is 23.6 Å². The van der Waals surface area contributed by atoms with Gasteiger partial charge in [0.1, 0.15) is 5.69 Å². The Kier molecular flexibility index (Phi) is 12.2. The van der Waals surface area contributed by atoms with Crippen LogP contribution in [0, 0.1) is 6.54 Å². The molecule has 1 fully saturated rings. The molecule has 3 nitrogen and oxygen atoms in total.